The average Bonchev–Trinajstić information content (AvgIpc) is 2.82. The van der Waals surface area contributed by atoms with Gasteiger partial charge in [0, 0.05) is 0 Å². The van der Waals surface area contributed by atoms with Crippen molar-refractivity contribution in [1.29, 1.82) is 0 Å². The molecule has 2 amide bonds. The minimum Gasteiger partial charge on any atom is -0.490 e. The van der Waals surface area contributed by atoms with Gasteiger partial charge in [0.2, 0.25) is 0 Å². The Morgan fingerprint density at radius 2 is 1.84 bits per heavy atom. The lowest BCUT2D eigenvalue weighted by Gasteiger charge is -2.22. The third-order valence-electron chi connectivity index (χ3n) is 4.46. The van der Waals surface area contributed by atoms with Gasteiger partial charge in [-0.2, -0.15) is 5.10 Å². The quantitative estimate of drug-likeness (QED) is 0.234. The summed E-state index contributed by atoms with van der Waals surface area (Å²) in [6.07, 6.45) is 0.591. The summed E-state index contributed by atoms with van der Waals surface area (Å²) in [5, 5.41) is 15.4. The number of hydrogen-bond donors (Lipinski definition) is 3. The zero-order valence-electron chi connectivity index (χ0n) is 21.7. The standard InChI is InChI=1S/C26H32BrN3O8/c1-5-36-21-12-18(11-19(27)23(21)37-16-22(31)32)13-28-30-24(33)20(29-25(34)38-26(2,3)4)15-35-14-17-9-7-6-8-10-17/h6-13,20H,5,14-16H2,1-4H3,(H,29,34)(H,30,33)(H,31,32)/b28-13-/t20-/m0/s1. The van der Waals surface area contributed by atoms with Crippen LogP contribution in [0.25, 0.3) is 0 Å². The van der Waals surface area contributed by atoms with Gasteiger partial charge in [-0.15, -0.1) is 0 Å². The van der Waals surface area contributed by atoms with Gasteiger partial charge in [-0.1, -0.05) is 30.3 Å². The highest BCUT2D eigenvalue weighted by molar-refractivity contribution is 9.10. The Morgan fingerprint density at radius 3 is 2.47 bits per heavy atom. The van der Waals surface area contributed by atoms with Gasteiger partial charge < -0.3 is 29.4 Å². The maximum atomic E-state index is 12.8. The maximum Gasteiger partial charge on any atom is 0.408 e. The SMILES string of the molecule is CCOc1cc(/C=N\NC(=O)[C@H](COCc2ccccc2)NC(=O)OC(C)(C)C)cc(Br)c1OCC(=O)O. The monoisotopic (exact) mass is 593 g/mol. The molecule has 0 aromatic heterocycles. The van der Waals surface area contributed by atoms with Crippen molar-refractivity contribution in [2.75, 3.05) is 19.8 Å². The van der Waals surface area contributed by atoms with Crippen LogP contribution in [0.5, 0.6) is 11.5 Å². The Hall–Kier alpha value is -3.64. The first-order chi connectivity index (χ1) is 18.0. The number of benzene rings is 2. The van der Waals surface area contributed by atoms with Crippen LogP contribution in [0.2, 0.25) is 0 Å². The Labute approximate surface area is 229 Å². The van der Waals surface area contributed by atoms with E-state index in [1.807, 2.05) is 30.3 Å². The van der Waals surface area contributed by atoms with Crippen LogP contribution >= 0.6 is 15.9 Å². The molecular formula is C26H32BrN3O8. The molecule has 2 aromatic rings. The van der Waals surface area contributed by atoms with E-state index in [1.165, 1.54) is 6.21 Å². The molecule has 0 saturated heterocycles. The zero-order valence-corrected chi connectivity index (χ0v) is 23.2. The van der Waals surface area contributed by atoms with E-state index in [0.29, 0.717) is 22.4 Å². The second-order valence-electron chi connectivity index (χ2n) is 8.88. The fourth-order valence-corrected chi connectivity index (χ4v) is 3.52. The Morgan fingerprint density at radius 1 is 1.13 bits per heavy atom. The second-order valence-corrected chi connectivity index (χ2v) is 9.73. The number of halogens is 1. The summed E-state index contributed by atoms with van der Waals surface area (Å²) in [5.41, 5.74) is 3.08. The number of nitrogens with one attached hydrogen (secondary N) is 2. The topological polar surface area (TPSA) is 145 Å². The molecule has 0 unspecified atom stereocenters. The van der Waals surface area contributed by atoms with E-state index in [9.17, 15) is 14.4 Å². The first-order valence-corrected chi connectivity index (χ1v) is 12.5. The number of alkyl carbamates (subject to hydrolysis) is 1. The molecule has 0 heterocycles. The van der Waals surface area contributed by atoms with E-state index in [4.69, 9.17) is 24.1 Å². The highest BCUT2D eigenvalue weighted by Gasteiger charge is 2.24. The molecule has 0 spiro atoms. The number of ether oxygens (including phenoxy) is 4. The van der Waals surface area contributed by atoms with Crippen LogP contribution in [0.15, 0.2) is 52.0 Å². The van der Waals surface area contributed by atoms with Crippen LogP contribution in [0.3, 0.4) is 0 Å². The minimum atomic E-state index is -1.13. The van der Waals surface area contributed by atoms with E-state index in [0.717, 1.165) is 5.56 Å². The van der Waals surface area contributed by atoms with Crippen molar-refractivity contribution in [2.24, 2.45) is 5.10 Å². The second kappa shape index (κ2) is 14.9. The maximum absolute atomic E-state index is 12.8. The number of rotatable bonds is 13. The van der Waals surface area contributed by atoms with Crippen molar-refractivity contribution in [1.82, 2.24) is 10.7 Å². The van der Waals surface area contributed by atoms with Gasteiger partial charge in [0.05, 0.1) is 30.5 Å². The summed E-state index contributed by atoms with van der Waals surface area (Å²) in [6.45, 7) is 6.81. The number of hydrogen-bond acceptors (Lipinski definition) is 8. The minimum absolute atomic E-state index is 0.120. The van der Waals surface area contributed by atoms with Crippen molar-refractivity contribution >= 4 is 40.1 Å². The Balaban J connectivity index is 2.10. The fourth-order valence-electron chi connectivity index (χ4n) is 2.95. The van der Waals surface area contributed by atoms with Gasteiger partial charge in [-0.3, -0.25) is 4.79 Å². The summed E-state index contributed by atoms with van der Waals surface area (Å²) in [5.74, 6) is -1.22. The van der Waals surface area contributed by atoms with Gasteiger partial charge in [-0.05, 0) is 66.9 Å². The van der Waals surface area contributed by atoms with Gasteiger partial charge in [0.15, 0.2) is 18.1 Å². The van der Waals surface area contributed by atoms with Gasteiger partial charge >= 0.3 is 12.1 Å². The molecule has 2 aromatic carbocycles. The van der Waals surface area contributed by atoms with E-state index in [-0.39, 0.29) is 19.0 Å². The normalized spacial score (nSPS) is 12.0. The number of hydrazone groups is 1. The summed E-state index contributed by atoms with van der Waals surface area (Å²) >= 11 is 3.34. The molecule has 12 heteroatoms. The number of carboxylic acid groups (broad SMARTS) is 1. The van der Waals surface area contributed by atoms with Crippen molar-refractivity contribution in [3.63, 3.8) is 0 Å². The number of nitrogens with zero attached hydrogens (tertiary/aromatic N) is 1. The average molecular weight is 594 g/mol. The fraction of sp³-hybridized carbons (Fsp3) is 0.385. The molecule has 0 fully saturated rings. The molecule has 3 N–H and O–H groups in total. The largest absolute Gasteiger partial charge is 0.490 e. The molecule has 0 aliphatic heterocycles. The van der Waals surface area contributed by atoms with Crippen LogP contribution in [0, 0.1) is 0 Å². The molecule has 0 aliphatic rings. The van der Waals surface area contributed by atoms with E-state index in [2.05, 4.69) is 31.8 Å². The number of carbonyl (C=O) groups is 3. The lowest BCUT2D eigenvalue weighted by Crippen LogP contribution is -2.49. The van der Waals surface area contributed by atoms with E-state index < -0.39 is 36.2 Å². The molecule has 0 bridgehead atoms. The predicted octanol–water partition coefficient (Wildman–Crippen LogP) is 3.87. The zero-order chi connectivity index (χ0) is 28.1. The molecule has 11 nitrogen and oxygen atoms in total. The molecule has 0 aliphatic carbocycles. The molecule has 1 atom stereocenters. The number of amides is 2. The Kier molecular flexibility index (Phi) is 12.0. The molecule has 0 radical (unpaired) electrons. The van der Waals surface area contributed by atoms with Crippen LogP contribution in [-0.4, -0.2) is 60.8 Å². The highest BCUT2D eigenvalue weighted by Crippen LogP contribution is 2.36. The van der Waals surface area contributed by atoms with Crippen molar-refractivity contribution < 1.29 is 38.4 Å². The van der Waals surface area contributed by atoms with Crippen LogP contribution < -0.4 is 20.2 Å². The first-order valence-electron chi connectivity index (χ1n) is 11.7. The third-order valence-corrected chi connectivity index (χ3v) is 5.05. The smallest absolute Gasteiger partial charge is 0.408 e. The van der Waals surface area contributed by atoms with E-state index >= 15 is 0 Å². The Bertz CT molecular complexity index is 1120. The summed E-state index contributed by atoms with van der Waals surface area (Å²) in [6, 6.07) is 11.5. The first kappa shape index (κ1) is 30.6. The van der Waals surface area contributed by atoms with Crippen LogP contribution in [-0.2, 0) is 25.7 Å². The van der Waals surface area contributed by atoms with Gasteiger partial charge in [0.1, 0.15) is 11.6 Å². The molecule has 2 rings (SSSR count). The molecule has 0 saturated carbocycles. The van der Waals surface area contributed by atoms with Gasteiger partial charge in [-0.25, -0.2) is 15.0 Å². The predicted molar refractivity (Wildman–Crippen MR) is 143 cm³/mol. The molecule has 38 heavy (non-hydrogen) atoms. The summed E-state index contributed by atoms with van der Waals surface area (Å²) in [7, 11) is 0. The highest BCUT2D eigenvalue weighted by atomic mass is 79.9. The van der Waals surface area contributed by atoms with Crippen LogP contribution in [0.1, 0.15) is 38.8 Å². The molecular weight excluding hydrogens is 562 g/mol. The number of carboxylic acids is 1. The summed E-state index contributed by atoms with van der Waals surface area (Å²) < 4.78 is 22.2. The third kappa shape index (κ3) is 11.2. The number of aliphatic carboxylic acids is 1. The van der Waals surface area contributed by atoms with Gasteiger partial charge in [0.25, 0.3) is 5.91 Å². The van der Waals surface area contributed by atoms with Crippen molar-refractivity contribution in [3.05, 3.63) is 58.1 Å². The van der Waals surface area contributed by atoms with Crippen molar-refractivity contribution in [3.8, 4) is 11.5 Å². The molecule has 206 valence electrons. The van der Waals surface area contributed by atoms with Crippen LogP contribution in [0.4, 0.5) is 4.79 Å². The van der Waals surface area contributed by atoms with E-state index in [1.54, 1.807) is 39.8 Å². The lowest BCUT2D eigenvalue weighted by atomic mass is 10.2. The lowest BCUT2D eigenvalue weighted by molar-refractivity contribution is -0.139. The van der Waals surface area contributed by atoms with Crippen molar-refractivity contribution in [2.45, 2.75) is 45.9 Å². The summed E-state index contributed by atoms with van der Waals surface area (Å²) in [4.78, 5) is 36.0. The number of carbonyl (C=O) groups excluding carboxylic acids is 2.